The van der Waals surface area contributed by atoms with Gasteiger partial charge >= 0.3 is 0 Å². The highest BCUT2D eigenvalue weighted by molar-refractivity contribution is 5.79. The maximum absolute atomic E-state index is 11.8. The fraction of sp³-hybridized carbons (Fsp3) is 0.400. The molecule has 0 saturated carbocycles. The summed E-state index contributed by atoms with van der Waals surface area (Å²) in [7, 11) is 0. The molecule has 0 unspecified atom stereocenters. The molecule has 0 bridgehead atoms. The Hall–Kier alpha value is -1.61. The topological polar surface area (TPSA) is 49.3 Å². The van der Waals surface area contributed by atoms with Gasteiger partial charge in [0.25, 0.3) is 0 Å². The number of carbonyl (C=O) groups excluding carboxylic acids is 1. The Balaban J connectivity index is 1.82. The number of nitrogens with one attached hydrogen (secondary N) is 1. The normalized spacial score (nSPS) is 22.1. The van der Waals surface area contributed by atoms with E-state index in [1.165, 1.54) is 5.56 Å². The molecule has 1 aliphatic rings. The van der Waals surface area contributed by atoms with Gasteiger partial charge in [-0.15, -0.1) is 0 Å². The van der Waals surface area contributed by atoms with Crippen LogP contribution in [0.15, 0.2) is 36.4 Å². The second-order valence-corrected chi connectivity index (χ2v) is 4.90. The predicted molar refractivity (Wildman–Crippen MR) is 71.1 cm³/mol. The minimum atomic E-state index is 0.0343. The van der Waals surface area contributed by atoms with Gasteiger partial charge < -0.3 is 10.4 Å². The van der Waals surface area contributed by atoms with E-state index in [4.69, 9.17) is 5.11 Å². The first kappa shape index (κ1) is 12.8. The SMILES string of the molecule is Cc1ccc(CC(=O)N[C@@H]2C=C[C@H](CO)C2)cc1. The van der Waals surface area contributed by atoms with Gasteiger partial charge in [0, 0.05) is 18.6 Å². The fourth-order valence-electron chi connectivity index (χ4n) is 2.17. The molecule has 0 radical (unpaired) electrons. The van der Waals surface area contributed by atoms with Crippen LogP contribution in [0.25, 0.3) is 0 Å². The predicted octanol–water partition coefficient (Wildman–Crippen LogP) is 1.59. The highest BCUT2D eigenvalue weighted by Gasteiger charge is 2.19. The van der Waals surface area contributed by atoms with Crippen LogP contribution in [-0.4, -0.2) is 23.7 Å². The van der Waals surface area contributed by atoms with Gasteiger partial charge in [0.1, 0.15) is 0 Å². The fourth-order valence-corrected chi connectivity index (χ4v) is 2.17. The summed E-state index contributed by atoms with van der Waals surface area (Å²) in [6.07, 6.45) is 5.15. The number of aliphatic hydroxyl groups excluding tert-OH is 1. The van der Waals surface area contributed by atoms with Gasteiger partial charge in [0.05, 0.1) is 6.42 Å². The molecule has 0 aliphatic heterocycles. The summed E-state index contributed by atoms with van der Waals surface area (Å²) < 4.78 is 0. The van der Waals surface area contributed by atoms with Crippen molar-refractivity contribution in [2.24, 2.45) is 5.92 Å². The van der Waals surface area contributed by atoms with E-state index in [1.54, 1.807) is 0 Å². The molecule has 2 atom stereocenters. The molecule has 0 heterocycles. The largest absolute Gasteiger partial charge is 0.396 e. The van der Waals surface area contributed by atoms with Crippen LogP contribution in [0, 0.1) is 12.8 Å². The lowest BCUT2D eigenvalue weighted by Gasteiger charge is -2.12. The Morgan fingerprint density at radius 3 is 2.67 bits per heavy atom. The molecule has 1 aliphatic carbocycles. The summed E-state index contributed by atoms with van der Waals surface area (Å²) >= 11 is 0. The first-order valence-corrected chi connectivity index (χ1v) is 6.31. The van der Waals surface area contributed by atoms with Crippen LogP contribution in [-0.2, 0) is 11.2 Å². The van der Waals surface area contributed by atoms with Gasteiger partial charge in [-0.05, 0) is 18.9 Å². The summed E-state index contributed by atoms with van der Waals surface area (Å²) in [5.74, 6) is 0.224. The number of rotatable bonds is 4. The number of amides is 1. The summed E-state index contributed by atoms with van der Waals surface area (Å²) in [5.41, 5.74) is 2.22. The molecule has 18 heavy (non-hydrogen) atoms. The molecular formula is C15H19NO2. The molecule has 0 saturated heterocycles. The van der Waals surface area contributed by atoms with Crippen molar-refractivity contribution in [1.29, 1.82) is 0 Å². The zero-order chi connectivity index (χ0) is 13.0. The zero-order valence-corrected chi connectivity index (χ0v) is 10.6. The average molecular weight is 245 g/mol. The molecule has 0 aromatic heterocycles. The van der Waals surface area contributed by atoms with Gasteiger partial charge in [0.15, 0.2) is 0 Å². The number of carbonyl (C=O) groups is 1. The lowest BCUT2D eigenvalue weighted by Crippen LogP contribution is -2.34. The van der Waals surface area contributed by atoms with Crippen LogP contribution < -0.4 is 5.32 Å². The van der Waals surface area contributed by atoms with E-state index in [2.05, 4.69) is 5.32 Å². The number of aryl methyl sites for hydroxylation is 1. The molecule has 1 amide bonds. The van der Waals surface area contributed by atoms with Crippen molar-refractivity contribution >= 4 is 5.91 Å². The molecule has 96 valence electrons. The molecular weight excluding hydrogens is 226 g/mol. The second-order valence-electron chi connectivity index (χ2n) is 4.90. The number of aliphatic hydroxyl groups is 1. The van der Waals surface area contributed by atoms with Gasteiger partial charge in [-0.1, -0.05) is 42.0 Å². The quantitative estimate of drug-likeness (QED) is 0.791. The highest BCUT2D eigenvalue weighted by Crippen LogP contribution is 2.17. The van der Waals surface area contributed by atoms with Gasteiger partial charge in [-0.2, -0.15) is 0 Å². The Kier molecular flexibility index (Phi) is 4.15. The zero-order valence-electron chi connectivity index (χ0n) is 10.6. The third-order valence-electron chi connectivity index (χ3n) is 3.24. The Morgan fingerprint density at radius 2 is 2.06 bits per heavy atom. The maximum atomic E-state index is 11.8. The third-order valence-corrected chi connectivity index (χ3v) is 3.24. The minimum absolute atomic E-state index is 0.0343. The van der Waals surface area contributed by atoms with Crippen LogP contribution >= 0.6 is 0 Å². The highest BCUT2D eigenvalue weighted by atomic mass is 16.3. The molecule has 1 aromatic carbocycles. The van der Waals surface area contributed by atoms with E-state index in [0.717, 1.165) is 12.0 Å². The summed E-state index contributed by atoms with van der Waals surface area (Å²) in [6, 6.07) is 8.06. The van der Waals surface area contributed by atoms with Crippen LogP contribution in [0.1, 0.15) is 17.5 Å². The molecule has 0 fully saturated rings. The molecule has 3 nitrogen and oxygen atoms in total. The van der Waals surface area contributed by atoms with Crippen molar-refractivity contribution in [2.45, 2.75) is 25.8 Å². The van der Waals surface area contributed by atoms with E-state index in [0.29, 0.717) is 6.42 Å². The third kappa shape index (κ3) is 3.44. The van der Waals surface area contributed by atoms with Crippen LogP contribution in [0.3, 0.4) is 0 Å². The van der Waals surface area contributed by atoms with Crippen LogP contribution in [0.4, 0.5) is 0 Å². The van der Waals surface area contributed by atoms with E-state index < -0.39 is 0 Å². The Labute approximate surface area is 108 Å². The molecule has 0 spiro atoms. The van der Waals surface area contributed by atoms with E-state index >= 15 is 0 Å². The van der Waals surface area contributed by atoms with E-state index in [9.17, 15) is 4.79 Å². The standard InChI is InChI=1S/C15H19NO2/c1-11-2-4-12(5-3-11)9-15(18)16-14-7-6-13(8-14)10-17/h2-7,13-14,17H,8-10H2,1H3,(H,16,18)/t13-,14+/m0/s1. The van der Waals surface area contributed by atoms with Crippen molar-refractivity contribution in [1.82, 2.24) is 5.32 Å². The number of hydrogen-bond acceptors (Lipinski definition) is 2. The second kappa shape index (κ2) is 5.83. The summed E-state index contributed by atoms with van der Waals surface area (Å²) in [4.78, 5) is 11.8. The monoisotopic (exact) mass is 245 g/mol. The van der Waals surface area contributed by atoms with Crippen LogP contribution in [0.2, 0.25) is 0 Å². The van der Waals surface area contributed by atoms with Gasteiger partial charge in [0.2, 0.25) is 5.91 Å². The molecule has 2 rings (SSSR count). The first-order valence-electron chi connectivity index (χ1n) is 6.31. The van der Waals surface area contributed by atoms with Crippen molar-refractivity contribution < 1.29 is 9.90 Å². The lowest BCUT2D eigenvalue weighted by molar-refractivity contribution is -0.120. The first-order chi connectivity index (χ1) is 8.67. The van der Waals surface area contributed by atoms with Crippen molar-refractivity contribution in [3.05, 3.63) is 47.5 Å². The van der Waals surface area contributed by atoms with E-state index in [-0.39, 0.29) is 24.5 Å². The van der Waals surface area contributed by atoms with E-state index in [1.807, 2.05) is 43.3 Å². The number of hydrogen-bond donors (Lipinski definition) is 2. The van der Waals surface area contributed by atoms with Crippen molar-refractivity contribution in [3.8, 4) is 0 Å². The summed E-state index contributed by atoms with van der Waals surface area (Å²) in [6.45, 7) is 2.18. The maximum Gasteiger partial charge on any atom is 0.224 e. The number of benzene rings is 1. The summed E-state index contributed by atoms with van der Waals surface area (Å²) in [5, 5.41) is 12.0. The minimum Gasteiger partial charge on any atom is -0.396 e. The lowest BCUT2D eigenvalue weighted by atomic mass is 10.1. The van der Waals surface area contributed by atoms with Crippen molar-refractivity contribution in [2.75, 3.05) is 6.61 Å². The average Bonchev–Trinajstić information content (AvgIpc) is 2.79. The Morgan fingerprint density at radius 1 is 1.33 bits per heavy atom. The smallest absolute Gasteiger partial charge is 0.224 e. The van der Waals surface area contributed by atoms with Gasteiger partial charge in [-0.25, -0.2) is 0 Å². The molecule has 1 aromatic rings. The Bertz CT molecular complexity index is 436. The molecule has 3 heteroatoms. The molecule has 2 N–H and O–H groups in total. The van der Waals surface area contributed by atoms with Crippen LogP contribution in [0.5, 0.6) is 0 Å². The van der Waals surface area contributed by atoms with Gasteiger partial charge in [-0.3, -0.25) is 4.79 Å². The van der Waals surface area contributed by atoms with Crippen molar-refractivity contribution in [3.63, 3.8) is 0 Å².